The van der Waals surface area contributed by atoms with E-state index in [1.165, 1.54) is 112 Å². The summed E-state index contributed by atoms with van der Waals surface area (Å²) in [6.45, 7) is 26.8. The molecule has 4 nitrogen and oxygen atoms in total. The lowest BCUT2D eigenvalue weighted by Gasteiger charge is -2.45. The average molecular weight is 711 g/mol. The molecule has 2 aliphatic heterocycles. The molecule has 0 spiro atoms. The first-order chi connectivity index (χ1) is 25.7. The van der Waals surface area contributed by atoms with E-state index in [1.807, 2.05) is 0 Å². The fourth-order valence-electron chi connectivity index (χ4n) is 9.20. The van der Waals surface area contributed by atoms with Crippen molar-refractivity contribution in [1.29, 1.82) is 0 Å². The van der Waals surface area contributed by atoms with Crippen molar-refractivity contribution in [2.75, 3.05) is 19.6 Å². The van der Waals surface area contributed by atoms with Gasteiger partial charge in [-0.05, 0) is 223 Å². The highest BCUT2D eigenvalue weighted by Gasteiger charge is 2.52. The molecule has 0 aliphatic carbocycles. The first kappa shape index (κ1) is 35.5. The van der Waals surface area contributed by atoms with Crippen LogP contribution < -0.4 is 19.6 Å². The van der Waals surface area contributed by atoms with Crippen molar-refractivity contribution in [1.82, 2.24) is 0 Å². The van der Waals surface area contributed by atoms with Crippen molar-refractivity contribution in [3.8, 4) is 0 Å². The minimum Gasteiger partial charge on any atom is -0.314 e. The van der Waals surface area contributed by atoms with Crippen LogP contribution in [-0.2, 0) is 0 Å². The smallest absolute Gasteiger partial charge is 0.151 e. The molecule has 0 unspecified atom stereocenters. The van der Waals surface area contributed by atoms with Crippen LogP contribution >= 0.6 is 0 Å². The molecule has 8 rings (SSSR count). The number of benzene rings is 6. The second-order valence-corrected chi connectivity index (χ2v) is 16.5. The Morgan fingerprint density at radius 1 is 0.241 bits per heavy atom. The van der Waals surface area contributed by atoms with E-state index >= 15 is 0 Å². The third-order valence-electron chi connectivity index (χ3n) is 11.5. The summed E-state index contributed by atoms with van der Waals surface area (Å²) in [7, 11) is 0. The van der Waals surface area contributed by atoms with Crippen LogP contribution in [0.2, 0.25) is 0 Å². The van der Waals surface area contributed by atoms with Gasteiger partial charge in [0.15, 0.2) is 12.3 Å². The maximum absolute atomic E-state index is 2.65. The van der Waals surface area contributed by atoms with E-state index in [9.17, 15) is 0 Å². The first-order valence-corrected chi connectivity index (χ1v) is 19.4. The molecule has 0 saturated heterocycles. The van der Waals surface area contributed by atoms with E-state index < -0.39 is 0 Å². The van der Waals surface area contributed by atoms with E-state index in [4.69, 9.17) is 0 Å². The van der Waals surface area contributed by atoms with Gasteiger partial charge in [0.25, 0.3) is 0 Å². The Morgan fingerprint density at radius 3 is 0.574 bits per heavy atom. The third kappa shape index (κ3) is 6.02. The minimum absolute atomic E-state index is 0.182. The normalized spacial score (nSPS) is 14.4. The average Bonchev–Trinajstić information content (AvgIpc) is 3.55. The summed E-state index contributed by atoms with van der Waals surface area (Å²) in [4.78, 5) is 10.6. The summed E-state index contributed by atoms with van der Waals surface area (Å²) in [5.74, 6) is 0. The molecule has 0 bridgehead atoms. The third-order valence-corrected chi connectivity index (χ3v) is 11.5. The molecule has 0 fully saturated rings. The highest BCUT2D eigenvalue weighted by Crippen LogP contribution is 2.57. The quantitative estimate of drug-likeness (QED) is 0.177. The van der Waals surface area contributed by atoms with Crippen molar-refractivity contribution >= 4 is 45.5 Å². The number of nitrogens with zero attached hydrogens (tertiary/aromatic N) is 4. The maximum atomic E-state index is 2.65. The molecule has 0 aromatic heterocycles. The van der Waals surface area contributed by atoms with Crippen LogP contribution in [0.15, 0.2) is 97.1 Å². The molecular formula is C50H54N4. The monoisotopic (exact) mass is 710 g/mol. The zero-order valence-corrected chi connectivity index (χ0v) is 34.2. The van der Waals surface area contributed by atoms with E-state index in [0.717, 1.165) is 0 Å². The second kappa shape index (κ2) is 13.1. The van der Waals surface area contributed by atoms with E-state index in [1.54, 1.807) is 0 Å². The van der Waals surface area contributed by atoms with Crippen molar-refractivity contribution in [2.24, 2.45) is 0 Å². The number of aryl methyl sites for hydroxylation is 12. The highest BCUT2D eigenvalue weighted by atomic mass is 15.5. The van der Waals surface area contributed by atoms with Gasteiger partial charge in [-0.2, -0.15) is 0 Å². The zero-order chi connectivity index (χ0) is 38.3. The van der Waals surface area contributed by atoms with Gasteiger partial charge in [0.1, 0.15) is 0 Å². The van der Waals surface area contributed by atoms with Crippen molar-refractivity contribution < 1.29 is 0 Å². The maximum Gasteiger partial charge on any atom is 0.151 e. The summed E-state index contributed by atoms with van der Waals surface area (Å²) in [6.07, 6.45) is -0.364. The number of fused-ring (bicyclic) bond motifs is 2. The Kier molecular flexibility index (Phi) is 8.64. The zero-order valence-electron chi connectivity index (χ0n) is 34.2. The summed E-state index contributed by atoms with van der Waals surface area (Å²) < 4.78 is 0. The molecule has 4 heteroatoms. The Labute approximate surface area is 323 Å². The lowest BCUT2D eigenvalue weighted by atomic mass is 10.1. The largest absolute Gasteiger partial charge is 0.314 e. The van der Waals surface area contributed by atoms with Crippen molar-refractivity contribution in [3.63, 3.8) is 0 Å². The minimum atomic E-state index is -0.182. The fraction of sp³-hybridized carbons (Fsp3) is 0.280. The van der Waals surface area contributed by atoms with Crippen LogP contribution in [0.3, 0.4) is 0 Å². The van der Waals surface area contributed by atoms with Gasteiger partial charge in [-0.25, -0.2) is 0 Å². The van der Waals surface area contributed by atoms with E-state index in [0.29, 0.717) is 0 Å². The number of rotatable bonds is 5. The van der Waals surface area contributed by atoms with Gasteiger partial charge in [0.2, 0.25) is 0 Å². The second-order valence-electron chi connectivity index (χ2n) is 16.5. The standard InChI is InChI=1S/C50H54N4/c1-29-13-30(2)18-41(17-29)51-45-25-37(9)38(10)26-46(45)52(42-19-31(3)14-32(4)20-42)49(51)50-53(43-21-33(5)15-34(6)22-43)47-27-39(11)40(12)28-48(47)54(50)44-23-35(7)16-36(8)24-44/h13-28,49-50H,1-12H3. The molecule has 0 radical (unpaired) electrons. The summed E-state index contributed by atoms with van der Waals surface area (Å²) in [6, 6.07) is 37.9. The Hall–Kier alpha value is -5.48. The van der Waals surface area contributed by atoms with Gasteiger partial charge in [0, 0.05) is 22.7 Å². The lowest BCUT2D eigenvalue weighted by molar-refractivity contribution is 0.549. The van der Waals surface area contributed by atoms with Gasteiger partial charge < -0.3 is 19.6 Å². The Balaban J connectivity index is 1.53. The molecule has 274 valence electrons. The number of hydrogen-bond acceptors (Lipinski definition) is 4. The number of anilines is 8. The Morgan fingerprint density at radius 2 is 0.407 bits per heavy atom. The summed E-state index contributed by atoms with van der Waals surface area (Å²) >= 11 is 0. The van der Waals surface area contributed by atoms with Crippen LogP contribution in [0.5, 0.6) is 0 Å². The molecule has 0 N–H and O–H groups in total. The van der Waals surface area contributed by atoms with Crippen LogP contribution in [0.25, 0.3) is 0 Å². The van der Waals surface area contributed by atoms with Gasteiger partial charge in [-0.15, -0.1) is 0 Å². The van der Waals surface area contributed by atoms with Gasteiger partial charge >= 0.3 is 0 Å². The molecule has 2 aliphatic rings. The predicted octanol–water partition coefficient (Wildman–Crippen LogP) is 13.3. The van der Waals surface area contributed by atoms with Crippen LogP contribution in [0, 0.1) is 83.1 Å². The highest BCUT2D eigenvalue weighted by molar-refractivity contribution is 5.95. The fourth-order valence-corrected chi connectivity index (χ4v) is 9.20. The molecule has 0 atom stereocenters. The van der Waals surface area contributed by atoms with Crippen LogP contribution in [0.4, 0.5) is 45.5 Å². The molecule has 6 aromatic carbocycles. The van der Waals surface area contributed by atoms with Gasteiger partial charge in [0.05, 0.1) is 22.7 Å². The first-order valence-electron chi connectivity index (χ1n) is 19.4. The van der Waals surface area contributed by atoms with Gasteiger partial charge in [-0.3, -0.25) is 0 Å². The molecule has 54 heavy (non-hydrogen) atoms. The summed E-state index contributed by atoms with van der Waals surface area (Å²) in [5.41, 5.74) is 25.0. The SMILES string of the molecule is Cc1cc(C)cc(N2c3cc(C)c(C)cc3N(c3cc(C)cc(C)c3)C2C2N(c3cc(C)cc(C)c3)c3cc(C)c(C)cc3N2c2cc(C)cc(C)c2)c1. The molecule has 0 saturated carbocycles. The molecular weight excluding hydrogens is 657 g/mol. The predicted molar refractivity (Wildman–Crippen MR) is 232 cm³/mol. The lowest BCUT2D eigenvalue weighted by Crippen LogP contribution is -2.58. The molecule has 2 heterocycles. The molecule has 0 amide bonds. The van der Waals surface area contributed by atoms with Crippen molar-refractivity contribution in [3.05, 3.63) is 164 Å². The number of hydrogen-bond donors (Lipinski definition) is 0. The van der Waals surface area contributed by atoms with E-state index in [-0.39, 0.29) is 12.3 Å². The Bertz CT molecular complexity index is 2050. The topological polar surface area (TPSA) is 13.0 Å². The van der Waals surface area contributed by atoms with Crippen LogP contribution in [0.1, 0.15) is 66.8 Å². The van der Waals surface area contributed by atoms with Gasteiger partial charge in [-0.1, -0.05) is 24.3 Å². The molecule has 6 aromatic rings. The van der Waals surface area contributed by atoms with Crippen molar-refractivity contribution in [2.45, 2.75) is 95.4 Å². The van der Waals surface area contributed by atoms with E-state index in [2.05, 4.69) is 200 Å². The van der Waals surface area contributed by atoms with Crippen LogP contribution in [-0.4, -0.2) is 12.3 Å². The summed E-state index contributed by atoms with van der Waals surface area (Å²) in [5, 5.41) is 0.